The Balaban J connectivity index is 1.25. The van der Waals surface area contributed by atoms with Gasteiger partial charge in [0.15, 0.2) is 4.21 Å². The topological polar surface area (TPSA) is 144 Å². The van der Waals surface area contributed by atoms with Crippen LogP contribution in [0.4, 0.5) is 0 Å². The number of hydrogen-bond acceptors (Lipinski definition) is 9. The molecule has 0 fully saturated rings. The standard InChI is InChI=1S/C34H32N2O8S3/c1-23-29(35-33(44-23)25-8-4-2-5-9-25)17-20-43-30-14-12-24(13-15-32(37)38)28-22-36(19-16-27(28)30)47(41,42)34-31(18-21-45-34)46(39,40)26-10-6-3-7-11-26/h2-12,14,18,21H,13,15-17,19-20,22H2,1H3,(H,37,38). The summed E-state index contributed by atoms with van der Waals surface area (Å²) in [6, 6.07) is 22.2. The maximum Gasteiger partial charge on any atom is 0.303 e. The number of rotatable bonds is 12. The number of oxazole rings is 1. The lowest BCUT2D eigenvalue weighted by Gasteiger charge is -2.31. The van der Waals surface area contributed by atoms with Crippen molar-refractivity contribution in [2.45, 2.75) is 53.2 Å². The molecule has 1 N–H and O–H groups in total. The van der Waals surface area contributed by atoms with Crippen LogP contribution in [0.2, 0.25) is 0 Å². The number of thiophene rings is 1. The maximum absolute atomic E-state index is 14.0. The highest BCUT2D eigenvalue weighted by Gasteiger charge is 2.36. The molecule has 5 aromatic rings. The van der Waals surface area contributed by atoms with E-state index < -0.39 is 25.8 Å². The summed E-state index contributed by atoms with van der Waals surface area (Å²) in [4.78, 5) is 15.8. The number of sulfone groups is 1. The SMILES string of the molecule is Cc1oc(-c2ccccc2)nc1CCOc1ccc(CCC(=O)O)c2c1CCN(S(=O)(=O)c1sccc1S(=O)(=O)c1ccccc1)C2. The van der Waals surface area contributed by atoms with Crippen LogP contribution < -0.4 is 4.74 Å². The van der Waals surface area contributed by atoms with Crippen molar-refractivity contribution in [2.24, 2.45) is 0 Å². The van der Waals surface area contributed by atoms with Crippen molar-refractivity contribution in [1.82, 2.24) is 9.29 Å². The van der Waals surface area contributed by atoms with E-state index >= 15 is 0 Å². The molecular weight excluding hydrogens is 661 g/mol. The van der Waals surface area contributed by atoms with Gasteiger partial charge in [0.25, 0.3) is 10.0 Å². The van der Waals surface area contributed by atoms with Gasteiger partial charge >= 0.3 is 5.97 Å². The summed E-state index contributed by atoms with van der Waals surface area (Å²) in [5, 5.41) is 10.8. The summed E-state index contributed by atoms with van der Waals surface area (Å²) in [6.07, 6.45) is 0.866. The summed E-state index contributed by atoms with van der Waals surface area (Å²) in [5.74, 6) is 0.849. The average Bonchev–Trinajstić information content (AvgIpc) is 3.73. The van der Waals surface area contributed by atoms with Gasteiger partial charge in [-0.25, -0.2) is 21.8 Å². The van der Waals surface area contributed by atoms with Crippen molar-refractivity contribution in [2.75, 3.05) is 13.2 Å². The van der Waals surface area contributed by atoms with Gasteiger partial charge in [0, 0.05) is 37.1 Å². The van der Waals surface area contributed by atoms with Crippen LogP contribution in [-0.4, -0.2) is 50.4 Å². The number of carboxylic acids is 1. The van der Waals surface area contributed by atoms with Crippen molar-refractivity contribution < 1.29 is 35.9 Å². The highest BCUT2D eigenvalue weighted by molar-refractivity contribution is 7.94. The number of hydrogen-bond donors (Lipinski definition) is 1. The Hall–Kier alpha value is -4.30. The van der Waals surface area contributed by atoms with Gasteiger partial charge < -0.3 is 14.3 Å². The fourth-order valence-corrected chi connectivity index (χ4v) is 10.7. The quantitative estimate of drug-likeness (QED) is 0.168. The Labute approximate surface area is 277 Å². The number of ether oxygens (including phenoxy) is 1. The lowest BCUT2D eigenvalue weighted by atomic mass is 9.92. The molecule has 6 rings (SSSR count). The zero-order chi connectivity index (χ0) is 33.2. The van der Waals surface area contributed by atoms with Crippen molar-refractivity contribution in [1.29, 1.82) is 0 Å². The molecule has 3 heterocycles. The number of carboxylic acid groups (broad SMARTS) is 1. The predicted molar refractivity (Wildman–Crippen MR) is 176 cm³/mol. The monoisotopic (exact) mass is 692 g/mol. The van der Waals surface area contributed by atoms with E-state index in [1.165, 1.54) is 27.9 Å². The number of aliphatic carboxylic acids is 1. The van der Waals surface area contributed by atoms with E-state index in [9.17, 15) is 26.7 Å². The number of carbonyl (C=O) groups is 1. The molecule has 0 aliphatic carbocycles. The summed E-state index contributed by atoms with van der Waals surface area (Å²) in [6.45, 7) is 2.20. The zero-order valence-corrected chi connectivity index (χ0v) is 27.9. The van der Waals surface area contributed by atoms with Gasteiger partial charge in [-0.05, 0) is 72.7 Å². The lowest BCUT2D eigenvalue weighted by Crippen LogP contribution is -2.37. The molecule has 13 heteroatoms. The second-order valence-corrected chi connectivity index (χ2v) is 16.0. The molecule has 0 spiro atoms. The number of aromatic nitrogens is 1. The highest BCUT2D eigenvalue weighted by Crippen LogP contribution is 2.38. The average molecular weight is 693 g/mol. The lowest BCUT2D eigenvalue weighted by molar-refractivity contribution is -0.136. The van der Waals surface area contributed by atoms with E-state index in [1.807, 2.05) is 37.3 Å². The molecule has 2 aromatic heterocycles. The van der Waals surface area contributed by atoms with Gasteiger partial charge in [-0.2, -0.15) is 4.31 Å². The van der Waals surface area contributed by atoms with Gasteiger partial charge in [-0.3, -0.25) is 4.79 Å². The second-order valence-electron chi connectivity index (χ2n) is 11.0. The van der Waals surface area contributed by atoms with E-state index in [-0.39, 0.29) is 39.9 Å². The molecule has 0 saturated heterocycles. The molecule has 0 bridgehead atoms. The Morgan fingerprint density at radius 2 is 1.68 bits per heavy atom. The fraction of sp³-hybridized carbons (Fsp3) is 0.235. The van der Waals surface area contributed by atoms with Crippen LogP contribution in [0.1, 0.15) is 34.6 Å². The summed E-state index contributed by atoms with van der Waals surface area (Å²) in [7, 11) is -8.31. The first-order valence-electron chi connectivity index (χ1n) is 14.9. The smallest absolute Gasteiger partial charge is 0.303 e. The third-order valence-corrected chi connectivity index (χ3v) is 13.4. The molecule has 0 saturated carbocycles. The maximum atomic E-state index is 14.0. The molecule has 3 aromatic carbocycles. The second kappa shape index (κ2) is 13.4. The minimum atomic E-state index is -4.23. The van der Waals surface area contributed by atoms with Crippen LogP contribution >= 0.6 is 11.3 Å². The Bertz CT molecular complexity index is 2120. The molecule has 0 unspecified atom stereocenters. The van der Waals surface area contributed by atoms with Crippen LogP contribution in [0.25, 0.3) is 11.5 Å². The molecule has 1 aliphatic heterocycles. The van der Waals surface area contributed by atoms with Crippen molar-refractivity contribution in [3.05, 3.63) is 112 Å². The van der Waals surface area contributed by atoms with Crippen molar-refractivity contribution >= 4 is 37.2 Å². The van der Waals surface area contributed by atoms with Crippen LogP contribution in [0, 0.1) is 6.92 Å². The number of aryl methyl sites for hydroxylation is 2. The minimum Gasteiger partial charge on any atom is -0.493 e. The van der Waals surface area contributed by atoms with E-state index in [4.69, 9.17) is 9.15 Å². The Kier molecular flexibility index (Phi) is 9.33. The van der Waals surface area contributed by atoms with Crippen LogP contribution in [0.15, 0.2) is 103 Å². The van der Waals surface area contributed by atoms with Crippen LogP contribution in [-0.2, 0) is 50.5 Å². The first-order chi connectivity index (χ1) is 22.6. The predicted octanol–water partition coefficient (Wildman–Crippen LogP) is 5.93. The van der Waals surface area contributed by atoms with E-state index in [2.05, 4.69) is 4.98 Å². The Morgan fingerprint density at radius 3 is 2.40 bits per heavy atom. The van der Waals surface area contributed by atoms with Gasteiger partial charge in [0.05, 0.1) is 17.2 Å². The molecule has 0 radical (unpaired) electrons. The summed E-state index contributed by atoms with van der Waals surface area (Å²) < 4.78 is 68.0. The van der Waals surface area contributed by atoms with Gasteiger partial charge in [0.1, 0.15) is 16.4 Å². The zero-order valence-electron chi connectivity index (χ0n) is 25.5. The fourth-order valence-electron chi connectivity index (χ4n) is 5.64. The third kappa shape index (κ3) is 6.75. The van der Waals surface area contributed by atoms with Gasteiger partial charge in [0.2, 0.25) is 15.7 Å². The summed E-state index contributed by atoms with van der Waals surface area (Å²) >= 11 is 0.860. The van der Waals surface area contributed by atoms with Crippen LogP contribution in [0.5, 0.6) is 5.75 Å². The van der Waals surface area contributed by atoms with E-state index in [1.54, 1.807) is 30.3 Å². The van der Waals surface area contributed by atoms with Gasteiger partial charge in [-0.15, -0.1) is 11.3 Å². The molecular formula is C34H32N2O8S3. The third-order valence-electron chi connectivity index (χ3n) is 8.06. The Morgan fingerprint density at radius 1 is 0.957 bits per heavy atom. The van der Waals surface area contributed by atoms with Crippen LogP contribution in [0.3, 0.4) is 0 Å². The van der Waals surface area contributed by atoms with Crippen molar-refractivity contribution in [3.63, 3.8) is 0 Å². The normalized spacial score (nSPS) is 13.7. The molecule has 1 aliphatic rings. The highest BCUT2D eigenvalue weighted by atomic mass is 32.2. The first kappa shape index (κ1) is 32.6. The molecule has 10 nitrogen and oxygen atoms in total. The largest absolute Gasteiger partial charge is 0.493 e. The van der Waals surface area contributed by atoms with Crippen molar-refractivity contribution in [3.8, 4) is 17.2 Å². The molecule has 244 valence electrons. The van der Waals surface area contributed by atoms with E-state index in [0.29, 0.717) is 48.0 Å². The number of benzene rings is 3. The number of fused-ring (bicyclic) bond motifs is 1. The first-order valence-corrected chi connectivity index (χ1v) is 18.7. The summed E-state index contributed by atoms with van der Waals surface area (Å²) in [5.41, 5.74) is 3.83. The van der Waals surface area contributed by atoms with E-state index in [0.717, 1.165) is 28.2 Å². The number of nitrogens with zero attached hydrogens (tertiary/aromatic N) is 2. The number of sulfonamides is 1. The van der Waals surface area contributed by atoms with Gasteiger partial charge in [-0.1, -0.05) is 42.5 Å². The molecule has 0 amide bonds. The minimum absolute atomic E-state index is 0.00805. The molecule has 0 atom stereocenters. The molecule has 47 heavy (non-hydrogen) atoms.